The van der Waals surface area contributed by atoms with Crippen LogP contribution in [0.2, 0.25) is 0 Å². The number of aromatic carboxylic acids is 1. The van der Waals surface area contributed by atoms with Gasteiger partial charge in [0.15, 0.2) is 0 Å². The first-order valence-electron chi connectivity index (χ1n) is 10.0. The molecule has 0 saturated carbocycles. The first-order valence-corrected chi connectivity index (χ1v) is 10.0. The van der Waals surface area contributed by atoms with Crippen LogP contribution in [-0.4, -0.2) is 21.6 Å². The van der Waals surface area contributed by atoms with E-state index in [0.29, 0.717) is 11.1 Å². The Kier molecular flexibility index (Phi) is 6.00. The van der Waals surface area contributed by atoms with Crippen molar-refractivity contribution in [2.75, 3.05) is 5.32 Å². The molecule has 0 aliphatic heterocycles. The summed E-state index contributed by atoms with van der Waals surface area (Å²) in [6, 6.07) is 21.6. The van der Waals surface area contributed by atoms with E-state index >= 15 is 0 Å². The van der Waals surface area contributed by atoms with Crippen LogP contribution >= 0.6 is 0 Å². The molecule has 0 bridgehead atoms. The molecule has 1 amide bonds. The van der Waals surface area contributed by atoms with Gasteiger partial charge < -0.3 is 15.0 Å². The number of nitriles is 1. The number of nitrogens with one attached hydrogen (secondary N) is 1. The maximum Gasteiger partial charge on any atom is 0.335 e. The number of carbonyl (C=O) groups excluding carboxylic acids is 1. The summed E-state index contributed by atoms with van der Waals surface area (Å²) in [7, 11) is 0. The van der Waals surface area contributed by atoms with Gasteiger partial charge in [-0.25, -0.2) is 9.18 Å². The van der Waals surface area contributed by atoms with E-state index in [1.807, 2.05) is 34.9 Å². The van der Waals surface area contributed by atoms with E-state index in [0.717, 1.165) is 10.9 Å². The molecule has 33 heavy (non-hydrogen) atoms. The highest BCUT2D eigenvalue weighted by atomic mass is 19.1. The number of para-hydroxylation sites is 1. The summed E-state index contributed by atoms with van der Waals surface area (Å²) in [4.78, 5) is 23.8. The molecule has 7 heteroatoms. The highest BCUT2D eigenvalue weighted by Crippen LogP contribution is 2.25. The number of hydrogen-bond donors (Lipinski definition) is 2. The van der Waals surface area contributed by atoms with Gasteiger partial charge in [-0.2, -0.15) is 5.26 Å². The van der Waals surface area contributed by atoms with Crippen molar-refractivity contribution in [2.45, 2.75) is 6.54 Å². The molecule has 3 aromatic carbocycles. The Bertz CT molecular complexity index is 1450. The van der Waals surface area contributed by atoms with Crippen molar-refractivity contribution in [2.24, 2.45) is 0 Å². The van der Waals surface area contributed by atoms with Gasteiger partial charge in [-0.3, -0.25) is 4.79 Å². The quantitative estimate of drug-likeness (QED) is 0.324. The van der Waals surface area contributed by atoms with Gasteiger partial charge in [-0.15, -0.1) is 0 Å². The minimum atomic E-state index is -1.12. The van der Waals surface area contributed by atoms with Crippen LogP contribution in [0.5, 0.6) is 0 Å². The molecule has 6 nitrogen and oxygen atoms in total. The number of hydrogen-bond acceptors (Lipinski definition) is 3. The van der Waals surface area contributed by atoms with Crippen LogP contribution in [0.3, 0.4) is 0 Å². The third-order valence-corrected chi connectivity index (χ3v) is 5.15. The summed E-state index contributed by atoms with van der Waals surface area (Å²) < 4.78 is 16.0. The summed E-state index contributed by atoms with van der Waals surface area (Å²) in [5, 5.41) is 22.1. The molecule has 0 saturated heterocycles. The average Bonchev–Trinajstić information content (AvgIpc) is 3.16. The van der Waals surface area contributed by atoms with E-state index in [1.54, 1.807) is 30.5 Å². The van der Waals surface area contributed by atoms with E-state index in [4.69, 9.17) is 5.11 Å². The minimum Gasteiger partial charge on any atom is -0.478 e. The molecule has 0 aliphatic carbocycles. The highest BCUT2D eigenvalue weighted by Gasteiger charge is 2.14. The van der Waals surface area contributed by atoms with Gasteiger partial charge in [0.1, 0.15) is 17.5 Å². The van der Waals surface area contributed by atoms with Crippen LogP contribution in [0.15, 0.2) is 84.6 Å². The van der Waals surface area contributed by atoms with Crippen molar-refractivity contribution in [1.82, 2.24) is 4.57 Å². The molecule has 1 aromatic heterocycles. The number of carbonyl (C=O) groups is 2. The Morgan fingerprint density at radius 3 is 2.58 bits per heavy atom. The predicted octanol–water partition coefficient (Wildman–Crippen LogP) is 5.07. The van der Waals surface area contributed by atoms with Gasteiger partial charge >= 0.3 is 5.97 Å². The molecule has 0 atom stereocenters. The standard InChI is InChI=1S/C26H18FN3O3/c27-23-10-3-1-6-18(23)15-30-16-20(22-9-2-4-11-24(22)30)12-19(14-28)25(31)29-21-8-5-7-17(13-21)26(32)33/h1-13,16H,15H2,(H,29,31)(H,32,33)/b19-12-. The topological polar surface area (TPSA) is 95.1 Å². The largest absolute Gasteiger partial charge is 0.478 e. The predicted molar refractivity (Wildman–Crippen MR) is 123 cm³/mol. The van der Waals surface area contributed by atoms with Crippen LogP contribution in [0.1, 0.15) is 21.5 Å². The maximum absolute atomic E-state index is 14.2. The molecule has 0 aliphatic rings. The van der Waals surface area contributed by atoms with Gasteiger partial charge in [-0.1, -0.05) is 42.5 Å². The SMILES string of the molecule is N#C/C(=C/c1cn(Cc2ccccc2F)c2ccccc12)C(=O)Nc1cccc(C(=O)O)c1. The molecule has 4 rings (SSSR count). The smallest absolute Gasteiger partial charge is 0.335 e. The van der Waals surface area contributed by atoms with E-state index in [-0.39, 0.29) is 29.2 Å². The van der Waals surface area contributed by atoms with Crippen molar-refractivity contribution in [3.8, 4) is 6.07 Å². The van der Waals surface area contributed by atoms with Crippen LogP contribution in [-0.2, 0) is 11.3 Å². The van der Waals surface area contributed by atoms with E-state index in [1.165, 1.54) is 30.3 Å². The minimum absolute atomic E-state index is 0.0199. The number of rotatable bonds is 6. The van der Waals surface area contributed by atoms with Crippen LogP contribution < -0.4 is 5.32 Å². The normalized spacial score (nSPS) is 11.2. The molecule has 0 spiro atoms. The lowest BCUT2D eigenvalue weighted by Crippen LogP contribution is -2.13. The molecular formula is C26H18FN3O3. The second-order valence-corrected chi connectivity index (χ2v) is 7.33. The zero-order chi connectivity index (χ0) is 23.4. The molecule has 0 fully saturated rings. The Labute approximate surface area is 188 Å². The van der Waals surface area contributed by atoms with Crippen LogP contribution in [0.25, 0.3) is 17.0 Å². The number of carboxylic acid groups (broad SMARTS) is 1. The lowest BCUT2D eigenvalue weighted by molar-refractivity contribution is -0.112. The fourth-order valence-electron chi connectivity index (χ4n) is 3.56. The molecule has 0 radical (unpaired) electrons. The molecule has 1 heterocycles. The van der Waals surface area contributed by atoms with Crippen molar-refractivity contribution >= 4 is 34.5 Å². The number of aromatic nitrogens is 1. The van der Waals surface area contributed by atoms with Gasteiger partial charge in [0.05, 0.1) is 12.1 Å². The number of halogens is 1. The van der Waals surface area contributed by atoms with Gasteiger partial charge in [-0.05, 0) is 36.4 Å². The summed E-state index contributed by atoms with van der Waals surface area (Å²) in [5.74, 6) is -2.09. The monoisotopic (exact) mass is 439 g/mol. The van der Waals surface area contributed by atoms with Gasteiger partial charge in [0.25, 0.3) is 5.91 Å². The Morgan fingerprint density at radius 1 is 1.06 bits per heavy atom. The lowest BCUT2D eigenvalue weighted by atomic mass is 10.1. The zero-order valence-corrected chi connectivity index (χ0v) is 17.3. The molecule has 162 valence electrons. The average molecular weight is 439 g/mol. The Hall–Kier alpha value is -4.70. The zero-order valence-electron chi connectivity index (χ0n) is 17.3. The van der Waals surface area contributed by atoms with Gasteiger partial charge in [0.2, 0.25) is 0 Å². The summed E-state index contributed by atoms with van der Waals surface area (Å²) in [5.41, 5.74) is 2.12. The number of fused-ring (bicyclic) bond motifs is 1. The number of benzene rings is 3. The molecule has 0 unspecified atom stereocenters. The number of amides is 1. The fourth-order valence-corrected chi connectivity index (χ4v) is 3.56. The van der Waals surface area contributed by atoms with Crippen LogP contribution in [0.4, 0.5) is 10.1 Å². The first-order chi connectivity index (χ1) is 16.0. The third kappa shape index (κ3) is 4.65. The van der Waals surface area contributed by atoms with Crippen LogP contribution in [0, 0.1) is 17.1 Å². The highest BCUT2D eigenvalue weighted by molar-refractivity contribution is 6.11. The Balaban J connectivity index is 1.67. The molecule has 2 N–H and O–H groups in total. The maximum atomic E-state index is 14.2. The summed E-state index contributed by atoms with van der Waals surface area (Å²) in [6.45, 7) is 0.289. The second kappa shape index (κ2) is 9.20. The first kappa shape index (κ1) is 21.5. The number of carboxylic acids is 1. The molecular weight excluding hydrogens is 421 g/mol. The number of anilines is 1. The summed E-state index contributed by atoms with van der Waals surface area (Å²) >= 11 is 0. The van der Waals surface area contributed by atoms with E-state index < -0.39 is 11.9 Å². The number of nitrogens with zero attached hydrogens (tertiary/aromatic N) is 2. The fraction of sp³-hybridized carbons (Fsp3) is 0.0385. The Morgan fingerprint density at radius 2 is 1.82 bits per heavy atom. The summed E-state index contributed by atoms with van der Waals surface area (Å²) in [6.07, 6.45) is 3.24. The van der Waals surface area contributed by atoms with Crippen molar-refractivity contribution < 1.29 is 19.1 Å². The van der Waals surface area contributed by atoms with Crippen molar-refractivity contribution in [3.05, 3.63) is 107 Å². The van der Waals surface area contributed by atoms with Gasteiger partial charge in [0, 0.05) is 33.9 Å². The van der Waals surface area contributed by atoms with Crippen molar-refractivity contribution in [1.29, 1.82) is 5.26 Å². The van der Waals surface area contributed by atoms with Crippen molar-refractivity contribution in [3.63, 3.8) is 0 Å². The third-order valence-electron chi connectivity index (χ3n) is 5.15. The van der Waals surface area contributed by atoms with E-state index in [9.17, 15) is 19.2 Å². The lowest BCUT2D eigenvalue weighted by Gasteiger charge is -2.06. The second-order valence-electron chi connectivity index (χ2n) is 7.33. The molecule has 4 aromatic rings. The van der Waals surface area contributed by atoms with E-state index in [2.05, 4.69) is 5.32 Å².